The highest BCUT2D eigenvalue weighted by molar-refractivity contribution is 5.78. The molecule has 0 saturated heterocycles. The SMILES string of the molecule is CCCCc1ccc2c(c1C)Cc1ccccc1-2. The number of hydrogen-bond acceptors (Lipinski definition) is 0. The summed E-state index contributed by atoms with van der Waals surface area (Å²) in [6.45, 7) is 4.56. The summed E-state index contributed by atoms with van der Waals surface area (Å²) >= 11 is 0. The molecule has 0 saturated carbocycles. The zero-order valence-corrected chi connectivity index (χ0v) is 11.3. The van der Waals surface area contributed by atoms with Crippen LogP contribution >= 0.6 is 0 Å². The van der Waals surface area contributed by atoms with Gasteiger partial charge in [-0.25, -0.2) is 0 Å². The van der Waals surface area contributed by atoms with Gasteiger partial charge in [-0.2, -0.15) is 0 Å². The first kappa shape index (κ1) is 11.5. The highest BCUT2D eigenvalue weighted by Gasteiger charge is 2.20. The first-order valence-electron chi connectivity index (χ1n) is 7.01. The Balaban J connectivity index is 2.04. The number of unbranched alkanes of at least 4 members (excludes halogenated alkanes) is 1. The van der Waals surface area contributed by atoms with Gasteiger partial charge in [0.15, 0.2) is 0 Å². The summed E-state index contributed by atoms with van der Waals surface area (Å²) in [5.41, 5.74) is 9.02. The maximum absolute atomic E-state index is 2.34. The zero-order chi connectivity index (χ0) is 12.5. The lowest BCUT2D eigenvalue weighted by Gasteiger charge is -2.10. The van der Waals surface area contributed by atoms with E-state index >= 15 is 0 Å². The molecule has 2 aromatic carbocycles. The molecule has 0 nitrogen and oxygen atoms in total. The fourth-order valence-corrected chi connectivity index (χ4v) is 3.05. The van der Waals surface area contributed by atoms with Crippen molar-refractivity contribution < 1.29 is 0 Å². The molecule has 0 spiro atoms. The van der Waals surface area contributed by atoms with Gasteiger partial charge >= 0.3 is 0 Å². The van der Waals surface area contributed by atoms with Crippen molar-refractivity contribution >= 4 is 0 Å². The number of hydrogen-bond donors (Lipinski definition) is 0. The molecular formula is C18H20. The van der Waals surface area contributed by atoms with Gasteiger partial charge in [0.2, 0.25) is 0 Å². The van der Waals surface area contributed by atoms with Crippen LogP contribution in [0, 0.1) is 6.92 Å². The summed E-state index contributed by atoms with van der Waals surface area (Å²) in [6, 6.07) is 13.5. The molecule has 0 heterocycles. The van der Waals surface area contributed by atoms with Crippen LogP contribution < -0.4 is 0 Å². The van der Waals surface area contributed by atoms with Crippen LogP contribution in [0.15, 0.2) is 36.4 Å². The van der Waals surface area contributed by atoms with Crippen molar-refractivity contribution in [3.05, 3.63) is 58.7 Å². The molecule has 1 aliphatic carbocycles. The van der Waals surface area contributed by atoms with Crippen molar-refractivity contribution in [2.24, 2.45) is 0 Å². The lowest BCUT2D eigenvalue weighted by molar-refractivity contribution is 0.790. The van der Waals surface area contributed by atoms with Crippen molar-refractivity contribution in [2.45, 2.75) is 39.5 Å². The number of rotatable bonds is 3. The van der Waals surface area contributed by atoms with Crippen LogP contribution in [0.1, 0.15) is 42.0 Å². The Morgan fingerprint density at radius 3 is 2.67 bits per heavy atom. The molecule has 0 amide bonds. The van der Waals surface area contributed by atoms with Crippen molar-refractivity contribution in [2.75, 3.05) is 0 Å². The summed E-state index contributed by atoms with van der Waals surface area (Å²) in [4.78, 5) is 0. The van der Waals surface area contributed by atoms with Gasteiger partial charge in [-0.15, -0.1) is 0 Å². The topological polar surface area (TPSA) is 0 Å². The second kappa shape index (κ2) is 4.61. The third-order valence-electron chi connectivity index (χ3n) is 4.19. The first-order valence-corrected chi connectivity index (χ1v) is 7.01. The van der Waals surface area contributed by atoms with E-state index in [0.29, 0.717) is 0 Å². The second-order valence-corrected chi connectivity index (χ2v) is 5.31. The molecule has 0 fully saturated rings. The Morgan fingerprint density at radius 1 is 1.00 bits per heavy atom. The van der Waals surface area contributed by atoms with Crippen molar-refractivity contribution in [1.29, 1.82) is 0 Å². The van der Waals surface area contributed by atoms with Gasteiger partial charge in [0, 0.05) is 0 Å². The fraction of sp³-hybridized carbons (Fsp3) is 0.333. The van der Waals surface area contributed by atoms with Crippen LogP contribution in [0.3, 0.4) is 0 Å². The van der Waals surface area contributed by atoms with Crippen molar-refractivity contribution in [3.63, 3.8) is 0 Å². The quantitative estimate of drug-likeness (QED) is 0.606. The molecule has 0 N–H and O–H groups in total. The Labute approximate surface area is 110 Å². The zero-order valence-electron chi connectivity index (χ0n) is 11.3. The maximum atomic E-state index is 2.34. The third-order valence-corrected chi connectivity index (χ3v) is 4.19. The summed E-state index contributed by atoms with van der Waals surface area (Å²) in [5.74, 6) is 0. The van der Waals surface area contributed by atoms with Crippen molar-refractivity contribution in [1.82, 2.24) is 0 Å². The van der Waals surface area contributed by atoms with Gasteiger partial charge in [-0.3, -0.25) is 0 Å². The summed E-state index contributed by atoms with van der Waals surface area (Å²) in [7, 11) is 0. The summed E-state index contributed by atoms with van der Waals surface area (Å²) < 4.78 is 0. The molecule has 92 valence electrons. The van der Waals surface area contributed by atoms with E-state index in [1.807, 2.05) is 0 Å². The van der Waals surface area contributed by atoms with E-state index in [-0.39, 0.29) is 0 Å². The maximum Gasteiger partial charge on any atom is -0.00107 e. The van der Waals surface area contributed by atoms with Crippen LogP contribution in [0.5, 0.6) is 0 Å². The Bertz CT molecular complexity index is 579. The predicted molar refractivity (Wildman–Crippen MR) is 78.0 cm³/mol. The molecule has 0 atom stereocenters. The Kier molecular flexibility index (Phi) is 2.95. The van der Waals surface area contributed by atoms with Gasteiger partial charge in [0.25, 0.3) is 0 Å². The lowest BCUT2D eigenvalue weighted by Crippen LogP contribution is -1.95. The normalized spacial score (nSPS) is 12.3. The molecule has 1 aliphatic rings. The lowest BCUT2D eigenvalue weighted by atomic mass is 9.94. The van der Waals surface area contributed by atoms with Crippen LogP contribution in [0.2, 0.25) is 0 Å². The average Bonchev–Trinajstić information content (AvgIpc) is 2.78. The summed E-state index contributed by atoms with van der Waals surface area (Å²) in [6.07, 6.45) is 4.92. The minimum atomic E-state index is 1.12. The molecular weight excluding hydrogens is 216 g/mol. The number of aryl methyl sites for hydroxylation is 1. The highest BCUT2D eigenvalue weighted by atomic mass is 14.2. The summed E-state index contributed by atoms with van der Waals surface area (Å²) in [5, 5.41) is 0. The molecule has 0 unspecified atom stereocenters. The van der Waals surface area contributed by atoms with Crippen LogP contribution in [-0.2, 0) is 12.8 Å². The fourth-order valence-electron chi connectivity index (χ4n) is 3.05. The average molecular weight is 236 g/mol. The van der Waals surface area contributed by atoms with Crippen LogP contribution in [-0.4, -0.2) is 0 Å². The molecule has 18 heavy (non-hydrogen) atoms. The van der Waals surface area contributed by atoms with E-state index in [2.05, 4.69) is 50.2 Å². The van der Waals surface area contributed by atoms with Gasteiger partial charge in [-0.1, -0.05) is 49.7 Å². The van der Waals surface area contributed by atoms with E-state index in [1.165, 1.54) is 41.5 Å². The predicted octanol–water partition coefficient (Wildman–Crippen LogP) is 4.91. The first-order chi connectivity index (χ1) is 8.81. The Hall–Kier alpha value is -1.56. The second-order valence-electron chi connectivity index (χ2n) is 5.31. The van der Waals surface area contributed by atoms with Gasteiger partial charge in [0.05, 0.1) is 0 Å². The van der Waals surface area contributed by atoms with Crippen LogP contribution in [0.4, 0.5) is 0 Å². The van der Waals surface area contributed by atoms with Crippen molar-refractivity contribution in [3.8, 4) is 11.1 Å². The molecule has 0 aromatic heterocycles. The molecule has 0 radical (unpaired) electrons. The third kappa shape index (κ3) is 1.77. The van der Waals surface area contributed by atoms with Gasteiger partial charge < -0.3 is 0 Å². The minimum absolute atomic E-state index is 1.12. The van der Waals surface area contributed by atoms with Gasteiger partial charge in [0.1, 0.15) is 0 Å². The number of benzene rings is 2. The van der Waals surface area contributed by atoms with E-state index in [4.69, 9.17) is 0 Å². The van der Waals surface area contributed by atoms with E-state index in [0.717, 1.165) is 6.42 Å². The minimum Gasteiger partial charge on any atom is -0.0654 e. The molecule has 0 heteroatoms. The number of fused-ring (bicyclic) bond motifs is 3. The van der Waals surface area contributed by atoms with E-state index in [9.17, 15) is 0 Å². The standard InChI is InChI=1S/C18H20/c1-3-4-7-14-10-11-17-16-9-6-5-8-15(16)12-18(17)13(14)2/h5-6,8-11H,3-4,7,12H2,1-2H3. The van der Waals surface area contributed by atoms with E-state index in [1.54, 1.807) is 11.1 Å². The highest BCUT2D eigenvalue weighted by Crippen LogP contribution is 2.39. The molecule has 2 aromatic rings. The largest absolute Gasteiger partial charge is 0.0654 e. The van der Waals surface area contributed by atoms with Gasteiger partial charge in [-0.05, 0) is 59.6 Å². The van der Waals surface area contributed by atoms with Crippen LogP contribution in [0.25, 0.3) is 11.1 Å². The monoisotopic (exact) mass is 236 g/mol. The molecule has 3 rings (SSSR count). The molecule has 0 bridgehead atoms. The van der Waals surface area contributed by atoms with E-state index < -0.39 is 0 Å². The smallest absolute Gasteiger partial charge is 0.00107 e. The molecule has 0 aliphatic heterocycles. The Morgan fingerprint density at radius 2 is 1.83 bits per heavy atom.